The van der Waals surface area contributed by atoms with Gasteiger partial charge in [0.1, 0.15) is 0 Å². The first-order valence-corrected chi connectivity index (χ1v) is 5.89. The molecule has 0 heterocycles. The molecule has 0 unspecified atom stereocenters. The predicted molar refractivity (Wildman–Crippen MR) is 70.2 cm³/mol. The number of amides is 2. The minimum absolute atomic E-state index is 0.134. The Balaban J connectivity index is 1.86. The average Bonchev–Trinajstić information content (AvgIpc) is 2.86. The lowest BCUT2D eigenvalue weighted by molar-refractivity contribution is -0.132. The van der Waals surface area contributed by atoms with Gasteiger partial charge in [0.05, 0.1) is 11.3 Å². The van der Waals surface area contributed by atoms with Crippen LogP contribution in [0.15, 0.2) is 53.8 Å². The van der Waals surface area contributed by atoms with Gasteiger partial charge < -0.3 is 15.7 Å². The van der Waals surface area contributed by atoms with Gasteiger partial charge in [0.2, 0.25) is 0 Å². The van der Waals surface area contributed by atoms with Gasteiger partial charge in [-0.2, -0.15) is 0 Å². The molecule has 2 amide bonds. The molecule has 1 aliphatic carbocycles. The van der Waals surface area contributed by atoms with Crippen molar-refractivity contribution in [3.05, 3.63) is 59.3 Å². The highest BCUT2D eigenvalue weighted by atomic mass is 16.4. The Kier molecular flexibility index (Phi) is 3.97. The molecule has 5 nitrogen and oxygen atoms in total. The van der Waals surface area contributed by atoms with Crippen LogP contribution in [0.25, 0.3) is 0 Å². The van der Waals surface area contributed by atoms with Crippen molar-refractivity contribution in [2.45, 2.75) is 13.0 Å². The van der Waals surface area contributed by atoms with Crippen molar-refractivity contribution in [1.29, 1.82) is 0 Å². The van der Waals surface area contributed by atoms with Crippen molar-refractivity contribution in [3.63, 3.8) is 0 Å². The maximum absolute atomic E-state index is 11.7. The van der Waals surface area contributed by atoms with Crippen LogP contribution in [0.2, 0.25) is 0 Å². The van der Waals surface area contributed by atoms with Crippen LogP contribution in [-0.4, -0.2) is 17.1 Å². The molecule has 0 fully saturated rings. The topological polar surface area (TPSA) is 78.4 Å². The maximum atomic E-state index is 11.7. The second kappa shape index (κ2) is 5.86. The van der Waals surface area contributed by atoms with Crippen molar-refractivity contribution in [1.82, 2.24) is 10.6 Å². The molecule has 98 valence electrons. The smallest absolute Gasteiger partial charge is 0.337 e. The fourth-order valence-electron chi connectivity index (χ4n) is 1.78. The summed E-state index contributed by atoms with van der Waals surface area (Å²) in [7, 11) is 0. The van der Waals surface area contributed by atoms with Gasteiger partial charge in [0.25, 0.3) is 0 Å². The summed E-state index contributed by atoms with van der Waals surface area (Å²) in [4.78, 5) is 22.5. The first kappa shape index (κ1) is 12.9. The summed E-state index contributed by atoms with van der Waals surface area (Å²) >= 11 is 0. The quantitative estimate of drug-likeness (QED) is 0.770. The van der Waals surface area contributed by atoms with E-state index in [-0.39, 0.29) is 5.57 Å². The Morgan fingerprint density at radius 2 is 1.89 bits per heavy atom. The number of carbonyl (C=O) groups is 2. The third-order valence-electron chi connectivity index (χ3n) is 2.71. The lowest BCUT2D eigenvalue weighted by Gasteiger charge is -2.09. The SMILES string of the molecule is O=C(NCc1ccccc1)NC1=CCC=C1C(=O)O. The Morgan fingerprint density at radius 3 is 2.58 bits per heavy atom. The number of benzene rings is 1. The summed E-state index contributed by atoms with van der Waals surface area (Å²) in [5.74, 6) is -1.04. The Bertz CT molecular complexity index is 547. The highest BCUT2D eigenvalue weighted by Gasteiger charge is 2.18. The van der Waals surface area contributed by atoms with Gasteiger partial charge in [-0.25, -0.2) is 9.59 Å². The lowest BCUT2D eigenvalue weighted by atomic mass is 10.2. The number of rotatable bonds is 4. The van der Waals surface area contributed by atoms with E-state index in [1.165, 1.54) is 0 Å². The molecule has 0 bridgehead atoms. The predicted octanol–water partition coefficient (Wildman–Crippen LogP) is 1.78. The van der Waals surface area contributed by atoms with E-state index < -0.39 is 12.0 Å². The highest BCUT2D eigenvalue weighted by molar-refractivity contribution is 5.94. The molecule has 19 heavy (non-hydrogen) atoms. The van der Waals surface area contributed by atoms with Gasteiger partial charge in [0, 0.05) is 6.54 Å². The van der Waals surface area contributed by atoms with E-state index in [0.29, 0.717) is 18.7 Å². The van der Waals surface area contributed by atoms with Crippen molar-refractivity contribution in [2.24, 2.45) is 0 Å². The molecule has 0 aromatic heterocycles. The van der Waals surface area contributed by atoms with Gasteiger partial charge in [0.15, 0.2) is 0 Å². The normalized spacial score (nSPS) is 13.5. The van der Waals surface area contributed by atoms with E-state index >= 15 is 0 Å². The van der Waals surface area contributed by atoms with Crippen molar-refractivity contribution in [3.8, 4) is 0 Å². The largest absolute Gasteiger partial charge is 0.478 e. The van der Waals surface area contributed by atoms with E-state index in [1.807, 2.05) is 30.3 Å². The minimum atomic E-state index is -1.04. The molecule has 0 radical (unpaired) electrons. The summed E-state index contributed by atoms with van der Waals surface area (Å²) in [5, 5.41) is 14.1. The Hall–Kier alpha value is -2.56. The highest BCUT2D eigenvalue weighted by Crippen LogP contribution is 2.16. The van der Waals surface area contributed by atoms with Gasteiger partial charge >= 0.3 is 12.0 Å². The van der Waals surface area contributed by atoms with Gasteiger partial charge in [-0.1, -0.05) is 42.5 Å². The number of hydrogen-bond donors (Lipinski definition) is 3. The van der Waals surface area contributed by atoms with Crippen LogP contribution in [0.1, 0.15) is 12.0 Å². The first-order chi connectivity index (χ1) is 9.16. The molecular formula is C14H14N2O3. The van der Waals surface area contributed by atoms with Gasteiger partial charge in [-0.15, -0.1) is 0 Å². The van der Waals surface area contributed by atoms with Crippen LogP contribution >= 0.6 is 0 Å². The van der Waals surface area contributed by atoms with Crippen LogP contribution in [-0.2, 0) is 11.3 Å². The van der Waals surface area contributed by atoms with Crippen LogP contribution in [0.4, 0.5) is 4.79 Å². The number of allylic oxidation sites excluding steroid dienone is 2. The molecule has 0 saturated heterocycles. The summed E-state index contributed by atoms with van der Waals surface area (Å²) in [6.45, 7) is 0.395. The molecule has 0 saturated carbocycles. The van der Waals surface area contributed by atoms with Crippen molar-refractivity contribution in [2.75, 3.05) is 0 Å². The van der Waals surface area contributed by atoms with Crippen LogP contribution in [0.3, 0.4) is 0 Å². The van der Waals surface area contributed by atoms with E-state index in [4.69, 9.17) is 5.11 Å². The molecule has 1 aliphatic rings. The monoisotopic (exact) mass is 258 g/mol. The molecule has 1 aromatic carbocycles. The molecule has 0 spiro atoms. The van der Waals surface area contributed by atoms with Crippen LogP contribution in [0.5, 0.6) is 0 Å². The Morgan fingerprint density at radius 1 is 1.16 bits per heavy atom. The van der Waals surface area contributed by atoms with Crippen LogP contribution < -0.4 is 10.6 Å². The molecule has 2 rings (SSSR count). The van der Waals surface area contributed by atoms with Crippen LogP contribution in [0, 0.1) is 0 Å². The molecule has 3 N–H and O–H groups in total. The standard InChI is InChI=1S/C14H14N2O3/c17-13(18)11-7-4-8-12(11)16-14(19)15-9-10-5-2-1-3-6-10/h1-3,5-8H,4,9H2,(H,17,18)(H2,15,16,19). The fourth-order valence-corrected chi connectivity index (χ4v) is 1.78. The van der Waals surface area contributed by atoms with Gasteiger partial charge in [-0.05, 0) is 12.0 Å². The summed E-state index contributed by atoms with van der Waals surface area (Å²) in [6.07, 6.45) is 3.76. The number of urea groups is 1. The van der Waals surface area contributed by atoms with Gasteiger partial charge in [-0.3, -0.25) is 0 Å². The molecule has 0 aliphatic heterocycles. The number of aliphatic carboxylic acids is 1. The number of hydrogen-bond acceptors (Lipinski definition) is 2. The summed E-state index contributed by atoms with van der Waals surface area (Å²) in [6, 6.07) is 9.06. The molecular weight excluding hydrogens is 244 g/mol. The number of carboxylic acids is 1. The third-order valence-corrected chi connectivity index (χ3v) is 2.71. The number of carboxylic acid groups (broad SMARTS) is 1. The molecule has 0 atom stereocenters. The number of nitrogens with one attached hydrogen (secondary N) is 2. The summed E-state index contributed by atoms with van der Waals surface area (Å²) < 4.78 is 0. The van der Waals surface area contributed by atoms with E-state index in [0.717, 1.165) is 5.56 Å². The second-order valence-electron chi connectivity index (χ2n) is 4.07. The maximum Gasteiger partial charge on any atom is 0.337 e. The Labute approximate surface area is 110 Å². The zero-order chi connectivity index (χ0) is 13.7. The lowest BCUT2D eigenvalue weighted by Crippen LogP contribution is -2.35. The van der Waals surface area contributed by atoms with E-state index in [2.05, 4.69) is 10.6 Å². The number of carbonyl (C=O) groups excluding carboxylic acids is 1. The fraction of sp³-hybridized carbons (Fsp3) is 0.143. The van der Waals surface area contributed by atoms with E-state index in [1.54, 1.807) is 12.2 Å². The average molecular weight is 258 g/mol. The summed E-state index contributed by atoms with van der Waals surface area (Å²) in [5.41, 5.74) is 1.46. The zero-order valence-electron chi connectivity index (χ0n) is 10.2. The second-order valence-corrected chi connectivity index (χ2v) is 4.07. The zero-order valence-corrected chi connectivity index (χ0v) is 10.2. The first-order valence-electron chi connectivity index (χ1n) is 5.89. The molecule has 1 aromatic rings. The minimum Gasteiger partial charge on any atom is -0.478 e. The van der Waals surface area contributed by atoms with Crippen molar-refractivity contribution < 1.29 is 14.7 Å². The van der Waals surface area contributed by atoms with E-state index in [9.17, 15) is 9.59 Å². The third kappa shape index (κ3) is 3.45. The molecule has 5 heteroatoms. The van der Waals surface area contributed by atoms with Crippen molar-refractivity contribution >= 4 is 12.0 Å².